The van der Waals surface area contributed by atoms with Crippen LogP contribution in [0, 0.1) is 12.7 Å². The summed E-state index contributed by atoms with van der Waals surface area (Å²) in [5.74, 6) is 0.419. The highest BCUT2D eigenvalue weighted by Crippen LogP contribution is 2.26. The molecule has 2 aromatic carbocycles. The van der Waals surface area contributed by atoms with Crippen LogP contribution in [-0.2, 0) is 0 Å². The molecule has 0 aromatic heterocycles. The van der Waals surface area contributed by atoms with Crippen molar-refractivity contribution in [1.29, 1.82) is 0 Å². The second-order valence-corrected chi connectivity index (χ2v) is 6.40. The lowest BCUT2D eigenvalue weighted by Gasteiger charge is -2.21. The minimum absolute atomic E-state index is 0.00586. The van der Waals surface area contributed by atoms with Crippen molar-refractivity contribution in [2.24, 2.45) is 0 Å². The smallest absolute Gasteiger partial charge is 0.253 e. The number of ether oxygens (including phenoxy) is 1. The van der Waals surface area contributed by atoms with E-state index in [0.29, 0.717) is 36.4 Å². The maximum absolute atomic E-state index is 14.1. The van der Waals surface area contributed by atoms with Crippen molar-refractivity contribution in [2.75, 3.05) is 20.2 Å². The van der Waals surface area contributed by atoms with E-state index >= 15 is 0 Å². The predicted molar refractivity (Wildman–Crippen MR) is 98.7 cm³/mol. The molecule has 0 aliphatic rings. The lowest BCUT2D eigenvalue weighted by Crippen LogP contribution is -2.28. The van der Waals surface area contributed by atoms with Gasteiger partial charge in [-0.05, 0) is 62.1 Å². The van der Waals surface area contributed by atoms with Crippen molar-refractivity contribution in [3.63, 3.8) is 0 Å². The second-order valence-electron chi connectivity index (χ2n) is 6.40. The first-order chi connectivity index (χ1) is 11.9. The molecule has 0 saturated carbocycles. The molecule has 1 amide bonds. The summed E-state index contributed by atoms with van der Waals surface area (Å²) >= 11 is 0. The molecular formula is C21H26FNO2. The Morgan fingerprint density at radius 1 is 1.20 bits per heavy atom. The van der Waals surface area contributed by atoms with Gasteiger partial charge in [0.2, 0.25) is 0 Å². The van der Waals surface area contributed by atoms with E-state index < -0.39 is 0 Å². The van der Waals surface area contributed by atoms with Gasteiger partial charge in [0.05, 0.1) is 6.61 Å². The highest BCUT2D eigenvalue weighted by atomic mass is 19.1. The zero-order chi connectivity index (χ0) is 18.4. The van der Waals surface area contributed by atoms with Crippen LogP contribution in [0.4, 0.5) is 4.39 Å². The van der Waals surface area contributed by atoms with Gasteiger partial charge in [0.1, 0.15) is 11.6 Å². The summed E-state index contributed by atoms with van der Waals surface area (Å²) in [4.78, 5) is 14.1. The number of carbonyl (C=O) groups is 1. The molecule has 2 aromatic rings. The highest BCUT2D eigenvalue weighted by Gasteiger charge is 2.16. The van der Waals surface area contributed by atoms with Crippen molar-refractivity contribution in [1.82, 2.24) is 4.90 Å². The monoisotopic (exact) mass is 343 g/mol. The Morgan fingerprint density at radius 3 is 2.52 bits per heavy atom. The molecule has 0 saturated heterocycles. The van der Waals surface area contributed by atoms with Gasteiger partial charge >= 0.3 is 0 Å². The van der Waals surface area contributed by atoms with E-state index in [4.69, 9.17) is 4.74 Å². The minimum Gasteiger partial charge on any atom is -0.494 e. The number of hydrogen-bond donors (Lipinski definition) is 0. The first kappa shape index (κ1) is 19.0. The molecular weight excluding hydrogens is 317 g/mol. The molecule has 0 N–H and O–H groups in total. The van der Waals surface area contributed by atoms with Gasteiger partial charge in [-0.1, -0.05) is 24.6 Å². The Kier molecular flexibility index (Phi) is 6.57. The van der Waals surface area contributed by atoms with Crippen LogP contribution in [0.15, 0.2) is 42.5 Å². The van der Waals surface area contributed by atoms with Crippen LogP contribution in [0.3, 0.4) is 0 Å². The maximum atomic E-state index is 14.1. The van der Waals surface area contributed by atoms with E-state index in [1.807, 2.05) is 45.0 Å². The van der Waals surface area contributed by atoms with Crippen molar-refractivity contribution >= 4 is 5.91 Å². The largest absolute Gasteiger partial charge is 0.494 e. The summed E-state index contributed by atoms with van der Waals surface area (Å²) in [7, 11) is 1.78. The van der Waals surface area contributed by atoms with Gasteiger partial charge in [-0.15, -0.1) is 0 Å². The zero-order valence-corrected chi connectivity index (χ0v) is 15.4. The molecule has 0 heterocycles. The van der Waals surface area contributed by atoms with E-state index in [0.717, 1.165) is 5.56 Å². The fourth-order valence-corrected chi connectivity index (χ4v) is 2.72. The Balaban J connectivity index is 1.99. The van der Waals surface area contributed by atoms with Gasteiger partial charge in [-0.3, -0.25) is 4.79 Å². The van der Waals surface area contributed by atoms with Crippen LogP contribution in [0.1, 0.15) is 47.7 Å². The fourth-order valence-electron chi connectivity index (χ4n) is 2.72. The quantitative estimate of drug-likeness (QED) is 0.723. The first-order valence-corrected chi connectivity index (χ1v) is 8.66. The lowest BCUT2D eigenvalue weighted by molar-refractivity contribution is 0.0791. The summed E-state index contributed by atoms with van der Waals surface area (Å²) in [6.07, 6.45) is 0.681. The Morgan fingerprint density at radius 2 is 1.88 bits per heavy atom. The fraction of sp³-hybridized carbons (Fsp3) is 0.381. The number of aryl methyl sites for hydroxylation is 1. The molecule has 3 nitrogen and oxygen atoms in total. The van der Waals surface area contributed by atoms with E-state index in [2.05, 4.69) is 0 Å². The molecule has 134 valence electrons. The summed E-state index contributed by atoms with van der Waals surface area (Å²) in [5, 5.41) is 0. The molecule has 0 aliphatic heterocycles. The average molecular weight is 343 g/mol. The Hall–Kier alpha value is -2.36. The van der Waals surface area contributed by atoms with Crippen molar-refractivity contribution in [2.45, 2.75) is 33.1 Å². The number of carbonyl (C=O) groups excluding carboxylic acids is 1. The number of halogens is 1. The number of rotatable bonds is 7. The molecule has 2 rings (SSSR count). The van der Waals surface area contributed by atoms with Gasteiger partial charge in [-0.25, -0.2) is 4.39 Å². The van der Waals surface area contributed by atoms with Crippen LogP contribution in [0.2, 0.25) is 0 Å². The van der Waals surface area contributed by atoms with Crippen LogP contribution in [0.5, 0.6) is 5.75 Å². The molecule has 0 fully saturated rings. The summed E-state index contributed by atoms with van der Waals surface area (Å²) in [5.41, 5.74) is 2.42. The van der Waals surface area contributed by atoms with Crippen molar-refractivity contribution in [3.8, 4) is 5.75 Å². The zero-order valence-electron chi connectivity index (χ0n) is 15.4. The first-order valence-electron chi connectivity index (χ1n) is 8.66. The number of amides is 1. The SMILES string of the molecule is CCOc1ccc(F)c(C(C)CCN(C)C(=O)c2ccc(C)cc2)c1. The van der Waals surface area contributed by atoms with E-state index in [1.165, 1.54) is 6.07 Å². The van der Waals surface area contributed by atoms with Gasteiger partial charge in [0, 0.05) is 19.2 Å². The van der Waals surface area contributed by atoms with Gasteiger partial charge < -0.3 is 9.64 Å². The van der Waals surface area contributed by atoms with E-state index in [-0.39, 0.29) is 17.6 Å². The van der Waals surface area contributed by atoms with Gasteiger partial charge in [0.15, 0.2) is 0 Å². The lowest BCUT2D eigenvalue weighted by atomic mass is 9.96. The normalized spacial score (nSPS) is 11.9. The summed E-state index contributed by atoms with van der Waals surface area (Å²) in [6.45, 7) is 6.97. The highest BCUT2D eigenvalue weighted by molar-refractivity contribution is 5.94. The van der Waals surface area contributed by atoms with Gasteiger partial charge in [-0.2, -0.15) is 0 Å². The number of nitrogens with zero attached hydrogens (tertiary/aromatic N) is 1. The van der Waals surface area contributed by atoms with E-state index in [9.17, 15) is 9.18 Å². The standard InChI is InChI=1S/C21H26FNO2/c1-5-25-18-10-11-20(22)19(14-18)16(3)12-13-23(4)21(24)17-8-6-15(2)7-9-17/h6-11,14,16H,5,12-13H2,1-4H3. The van der Waals surface area contributed by atoms with Crippen molar-refractivity contribution in [3.05, 3.63) is 65.0 Å². The van der Waals surface area contributed by atoms with Crippen LogP contribution in [-0.4, -0.2) is 31.0 Å². The van der Waals surface area contributed by atoms with Crippen molar-refractivity contribution < 1.29 is 13.9 Å². The third-order valence-electron chi connectivity index (χ3n) is 4.35. The molecule has 0 bridgehead atoms. The second kappa shape index (κ2) is 8.65. The molecule has 25 heavy (non-hydrogen) atoms. The average Bonchev–Trinajstić information content (AvgIpc) is 2.61. The molecule has 1 unspecified atom stereocenters. The Labute approximate surface area is 149 Å². The molecule has 0 radical (unpaired) electrons. The van der Waals surface area contributed by atoms with Crippen LogP contribution in [0.25, 0.3) is 0 Å². The summed E-state index contributed by atoms with van der Waals surface area (Å²) in [6, 6.07) is 12.4. The molecule has 0 spiro atoms. The number of hydrogen-bond acceptors (Lipinski definition) is 2. The maximum Gasteiger partial charge on any atom is 0.253 e. The third kappa shape index (κ3) is 5.05. The minimum atomic E-state index is -0.233. The molecule has 1 atom stereocenters. The molecule has 0 aliphatic carbocycles. The molecule has 4 heteroatoms. The topological polar surface area (TPSA) is 29.5 Å². The third-order valence-corrected chi connectivity index (χ3v) is 4.35. The van der Waals surface area contributed by atoms with Gasteiger partial charge in [0.25, 0.3) is 5.91 Å². The predicted octanol–water partition coefficient (Wildman–Crippen LogP) is 4.80. The summed E-state index contributed by atoms with van der Waals surface area (Å²) < 4.78 is 19.6. The van der Waals surface area contributed by atoms with Crippen LogP contribution < -0.4 is 4.74 Å². The number of benzene rings is 2. The van der Waals surface area contributed by atoms with E-state index in [1.54, 1.807) is 24.1 Å². The van der Waals surface area contributed by atoms with Crippen LogP contribution >= 0.6 is 0 Å². The Bertz CT molecular complexity index is 712.